The Bertz CT molecular complexity index is 1560. The number of nitrogens with zero attached hydrogens (tertiary/aromatic N) is 4. The van der Waals surface area contributed by atoms with Gasteiger partial charge in [-0.15, -0.1) is 0 Å². The van der Waals surface area contributed by atoms with Crippen LogP contribution in [-0.2, 0) is 0 Å². The van der Waals surface area contributed by atoms with Crippen molar-refractivity contribution in [1.82, 2.24) is 19.5 Å². The van der Waals surface area contributed by atoms with Gasteiger partial charge in [0.1, 0.15) is 11.1 Å². The minimum Gasteiger partial charge on any atom is -0.437 e. The molecule has 2 aromatic carbocycles. The quantitative estimate of drug-likeness (QED) is 0.364. The third-order valence-electron chi connectivity index (χ3n) is 5.39. The monoisotopic (exact) mass is 390 g/mol. The van der Waals surface area contributed by atoms with E-state index >= 15 is 0 Å². The van der Waals surface area contributed by atoms with E-state index in [2.05, 4.69) is 39.9 Å². The molecule has 0 aliphatic rings. The zero-order valence-corrected chi connectivity index (χ0v) is 16.6. The molecule has 6 aromatic rings. The van der Waals surface area contributed by atoms with Gasteiger partial charge in [0.15, 0.2) is 11.5 Å². The molecule has 0 aliphatic heterocycles. The third-order valence-corrected chi connectivity index (χ3v) is 5.39. The van der Waals surface area contributed by atoms with Crippen LogP contribution in [0.2, 0.25) is 0 Å². The molecule has 0 bridgehead atoms. The first-order chi connectivity index (χ1) is 14.7. The van der Waals surface area contributed by atoms with E-state index in [-0.39, 0.29) is 0 Å². The summed E-state index contributed by atoms with van der Waals surface area (Å²) in [6.45, 7) is 4.00. The van der Waals surface area contributed by atoms with Crippen LogP contribution in [-0.4, -0.2) is 19.5 Å². The van der Waals surface area contributed by atoms with Gasteiger partial charge in [-0.05, 0) is 55.8 Å². The molecule has 0 spiro atoms. The van der Waals surface area contributed by atoms with E-state index in [4.69, 9.17) is 14.4 Å². The van der Waals surface area contributed by atoms with E-state index in [1.807, 2.05) is 56.4 Å². The maximum Gasteiger partial charge on any atom is 0.227 e. The van der Waals surface area contributed by atoms with Crippen LogP contribution in [0.4, 0.5) is 0 Å². The normalized spacial score (nSPS) is 11.7. The molecule has 4 heterocycles. The van der Waals surface area contributed by atoms with Gasteiger partial charge in [0, 0.05) is 28.4 Å². The first kappa shape index (κ1) is 16.9. The molecular formula is C25H18N4O. The molecule has 0 N–H and O–H groups in total. The van der Waals surface area contributed by atoms with Gasteiger partial charge in [0.05, 0.1) is 5.56 Å². The zero-order valence-electron chi connectivity index (χ0n) is 16.6. The van der Waals surface area contributed by atoms with Crippen LogP contribution in [0.1, 0.15) is 11.3 Å². The molecule has 5 nitrogen and oxygen atoms in total. The molecular weight excluding hydrogens is 372 g/mol. The van der Waals surface area contributed by atoms with Gasteiger partial charge in [0.2, 0.25) is 5.71 Å². The van der Waals surface area contributed by atoms with Crippen molar-refractivity contribution < 1.29 is 4.42 Å². The number of para-hydroxylation sites is 2. The lowest BCUT2D eigenvalue weighted by atomic mass is 10.1. The Morgan fingerprint density at radius 1 is 0.833 bits per heavy atom. The molecule has 0 amide bonds. The standard InChI is InChI=1S/C25H18N4O/c1-15-13-21-24(26-14-15)29(17-7-4-3-5-8-17)23(28-21)20-10-6-9-18-19-12-11-16(2)27-25(19)30-22(18)20/h3-14H,1-2H3. The first-order valence-corrected chi connectivity index (χ1v) is 9.89. The third kappa shape index (κ3) is 2.45. The van der Waals surface area contributed by atoms with Crippen molar-refractivity contribution in [2.45, 2.75) is 13.8 Å². The highest BCUT2D eigenvalue weighted by molar-refractivity contribution is 6.08. The van der Waals surface area contributed by atoms with Crippen LogP contribution in [0, 0.1) is 13.8 Å². The number of benzene rings is 2. The molecule has 6 rings (SSSR count). The molecule has 30 heavy (non-hydrogen) atoms. The van der Waals surface area contributed by atoms with E-state index in [1.54, 1.807) is 0 Å². The molecule has 5 heteroatoms. The Labute approximate surface area is 172 Å². The summed E-state index contributed by atoms with van der Waals surface area (Å²) >= 11 is 0. The first-order valence-electron chi connectivity index (χ1n) is 9.89. The SMILES string of the molecule is Cc1cnc2c(c1)nc(-c1cccc3c1oc1nc(C)ccc13)n2-c1ccccc1. The second-order valence-electron chi connectivity index (χ2n) is 7.55. The fraction of sp³-hybridized carbons (Fsp3) is 0.0800. The lowest BCUT2D eigenvalue weighted by molar-refractivity contribution is 0.653. The number of hydrogen-bond donors (Lipinski definition) is 0. The summed E-state index contributed by atoms with van der Waals surface area (Å²) in [6, 6.07) is 22.5. The highest BCUT2D eigenvalue weighted by Crippen LogP contribution is 2.37. The Hall–Kier alpha value is -3.99. The second-order valence-corrected chi connectivity index (χ2v) is 7.55. The van der Waals surface area contributed by atoms with Crippen molar-refractivity contribution >= 4 is 33.2 Å². The van der Waals surface area contributed by atoms with Gasteiger partial charge in [-0.3, -0.25) is 4.57 Å². The van der Waals surface area contributed by atoms with Crippen molar-refractivity contribution in [2.75, 3.05) is 0 Å². The van der Waals surface area contributed by atoms with E-state index in [9.17, 15) is 0 Å². The maximum atomic E-state index is 6.24. The molecule has 0 saturated carbocycles. The van der Waals surface area contributed by atoms with Crippen LogP contribution in [0.3, 0.4) is 0 Å². The maximum absolute atomic E-state index is 6.24. The molecule has 0 unspecified atom stereocenters. The number of rotatable bonds is 2. The van der Waals surface area contributed by atoms with Gasteiger partial charge in [-0.2, -0.15) is 0 Å². The average Bonchev–Trinajstić information content (AvgIpc) is 3.31. The summed E-state index contributed by atoms with van der Waals surface area (Å²) < 4.78 is 8.34. The summed E-state index contributed by atoms with van der Waals surface area (Å²) in [4.78, 5) is 14.2. The molecule has 4 aromatic heterocycles. The number of hydrogen-bond acceptors (Lipinski definition) is 4. The largest absolute Gasteiger partial charge is 0.437 e. The van der Waals surface area contributed by atoms with Gasteiger partial charge in [-0.25, -0.2) is 15.0 Å². The van der Waals surface area contributed by atoms with Crippen LogP contribution >= 0.6 is 0 Å². The number of aromatic nitrogens is 4. The van der Waals surface area contributed by atoms with E-state index in [0.717, 1.165) is 55.9 Å². The van der Waals surface area contributed by atoms with Gasteiger partial charge in [0.25, 0.3) is 0 Å². The topological polar surface area (TPSA) is 56.7 Å². The summed E-state index contributed by atoms with van der Waals surface area (Å²) in [5.41, 5.74) is 7.05. The zero-order chi connectivity index (χ0) is 20.2. The Balaban J connectivity index is 1.73. The molecule has 144 valence electrons. The lowest BCUT2D eigenvalue weighted by Crippen LogP contribution is -1.98. The van der Waals surface area contributed by atoms with Crippen molar-refractivity contribution in [1.29, 1.82) is 0 Å². The second kappa shape index (κ2) is 6.26. The Morgan fingerprint density at radius 2 is 1.70 bits per heavy atom. The van der Waals surface area contributed by atoms with Crippen LogP contribution in [0.15, 0.2) is 77.3 Å². The van der Waals surface area contributed by atoms with Crippen molar-refractivity contribution in [2.24, 2.45) is 0 Å². The number of imidazole rings is 1. The minimum atomic E-state index is 0.647. The van der Waals surface area contributed by atoms with Crippen molar-refractivity contribution in [3.8, 4) is 17.1 Å². The van der Waals surface area contributed by atoms with Gasteiger partial charge in [-0.1, -0.05) is 30.3 Å². The van der Waals surface area contributed by atoms with E-state index in [1.165, 1.54) is 0 Å². The fourth-order valence-corrected chi connectivity index (χ4v) is 4.02. The fourth-order valence-electron chi connectivity index (χ4n) is 4.02. The summed E-state index contributed by atoms with van der Waals surface area (Å²) in [5, 5.41) is 2.04. The molecule has 0 aliphatic carbocycles. The molecule has 0 radical (unpaired) electrons. The summed E-state index contributed by atoms with van der Waals surface area (Å²) in [6.07, 6.45) is 1.88. The minimum absolute atomic E-state index is 0.647. The van der Waals surface area contributed by atoms with Crippen LogP contribution in [0.25, 0.3) is 50.3 Å². The van der Waals surface area contributed by atoms with Crippen molar-refractivity contribution in [3.05, 3.63) is 84.2 Å². The number of aryl methyl sites for hydroxylation is 2. The summed E-state index contributed by atoms with van der Waals surface area (Å²) in [7, 11) is 0. The average molecular weight is 390 g/mol. The van der Waals surface area contributed by atoms with Crippen LogP contribution in [0.5, 0.6) is 0 Å². The molecule has 0 saturated heterocycles. The van der Waals surface area contributed by atoms with Crippen LogP contribution < -0.4 is 0 Å². The number of pyridine rings is 2. The Morgan fingerprint density at radius 3 is 2.57 bits per heavy atom. The lowest BCUT2D eigenvalue weighted by Gasteiger charge is -2.09. The smallest absolute Gasteiger partial charge is 0.227 e. The highest BCUT2D eigenvalue weighted by atomic mass is 16.3. The molecule has 0 fully saturated rings. The highest BCUT2D eigenvalue weighted by Gasteiger charge is 2.20. The summed E-state index contributed by atoms with van der Waals surface area (Å²) in [5.74, 6) is 0.802. The van der Waals surface area contributed by atoms with Gasteiger partial charge >= 0.3 is 0 Å². The predicted molar refractivity (Wildman–Crippen MR) is 119 cm³/mol. The molecule has 0 atom stereocenters. The predicted octanol–water partition coefficient (Wildman–Crippen LogP) is 6.00. The Kier molecular flexibility index (Phi) is 3.53. The van der Waals surface area contributed by atoms with Gasteiger partial charge < -0.3 is 4.42 Å². The number of furan rings is 1. The van der Waals surface area contributed by atoms with Crippen molar-refractivity contribution in [3.63, 3.8) is 0 Å². The van der Waals surface area contributed by atoms with E-state index < -0.39 is 0 Å². The van der Waals surface area contributed by atoms with E-state index in [0.29, 0.717) is 5.71 Å². The number of fused-ring (bicyclic) bond motifs is 4.